The lowest BCUT2D eigenvalue weighted by atomic mass is 10.0. The summed E-state index contributed by atoms with van der Waals surface area (Å²) in [5.41, 5.74) is -0.768. The third-order valence-corrected chi connectivity index (χ3v) is 4.51. The van der Waals surface area contributed by atoms with Crippen LogP contribution in [0.4, 0.5) is 23.7 Å². The van der Waals surface area contributed by atoms with Crippen LogP contribution < -0.4 is 15.4 Å². The van der Waals surface area contributed by atoms with E-state index >= 15 is 0 Å². The summed E-state index contributed by atoms with van der Waals surface area (Å²) in [4.78, 5) is 14.0. The van der Waals surface area contributed by atoms with Gasteiger partial charge in [0.2, 0.25) is 0 Å². The van der Waals surface area contributed by atoms with Crippen molar-refractivity contribution in [3.63, 3.8) is 0 Å². The fourth-order valence-electron chi connectivity index (χ4n) is 3.33. The average Bonchev–Trinajstić information content (AvgIpc) is 3.09. The Bertz CT molecular complexity index is 615. The van der Waals surface area contributed by atoms with Crippen LogP contribution in [-0.4, -0.2) is 43.7 Å². The van der Waals surface area contributed by atoms with Gasteiger partial charge in [-0.25, -0.2) is 4.79 Å². The van der Waals surface area contributed by atoms with Crippen molar-refractivity contribution in [2.24, 2.45) is 11.8 Å². The van der Waals surface area contributed by atoms with E-state index in [4.69, 9.17) is 4.74 Å². The second kappa shape index (κ2) is 7.70. The molecule has 2 fully saturated rings. The van der Waals surface area contributed by atoms with Gasteiger partial charge in [0.05, 0.1) is 12.2 Å². The number of hydrogen-bond donors (Lipinski definition) is 2. The molecule has 0 aromatic heterocycles. The maximum absolute atomic E-state index is 13.1. The van der Waals surface area contributed by atoms with Crippen LogP contribution in [0, 0.1) is 11.8 Å². The van der Waals surface area contributed by atoms with Crippen LogP contribution in [-0.2, 0) is 6.18 Å². The van der Waals surface area contributed by atoms with E-state index in [-0.39, 0.29) is 36.5 Å². The van der Waals surface area contributed by atoms with Crippen molar-refractivity contribution in [3.05, 3.63) is 23.8 Å². The molecule has 140 valence electrons. The third-order valence-electron chi connectivity index (χ3n) is 4.51. The summed E-state index contributed by atoms with van der Waals surface area (Å²) in [5, 5.41) is 5.84. The molecule has 2 amide bonds. The number of anilines is 1. The van der Waals surface area contributed by atoms with E-state index in [1.165, 1.54) is 12.1 Å². The number of rotatable bonds is 3. The Morgan fingerprint density at radius 3 is 2.52 bits per heavy atom. The molecule has 9 heteroatoms. The molecule has 0 bridgehead atoms. The first kappa shape index (κ1) is 19.7. The minimum Gasteiger partial charge on any atom is -0.493 e. The Kier molecular flexibility index (Phi) is 6.05. The summed E-state index contributed by atoms with van der Waals surface area (Å²) in [6.07, 6.45) is -4.54. The molecule has 2 aliphatic rings. The second-order valence-electron chi connectivity index (χ2n) is 6.16. The fraction of sp³-hybridized carbons (Fsp3) is 0.562. The van der Waals surface area contributed by atoms with Gasteiger partial charge in [-0.15, -0.1) is 12.4 Å². The molecule has 1 aromatic rings. The zero-order chi connectivity index (χ0) is 17.3. The molecule has 0 aliphatic carbocycles. The Morgan fingerprint density at radius 1 is 1.32 bits per heavy atom. The Hall–Kier alpha value is -1.67. The van der Waals surface area contributed by atoms with Crippen molar-refractivity contribution in [1.29, 1.82) is 0 Å². The highest BCUT2D eigenvalue weighted by molar-refractivity contribution is 5.89. The lowest BCUT2D eigenvalue weighted by Crippen LogP contribution is -2.35. The van der Waals surface area contributed by atoms with Gasteiger partial charge in [-0.05, 0) is 37.0 Å². The fourth-order valence-corrected chi connectivity index (χ4v) is 3.33. The van der Waals surface area contributed by atoms with Crippen LogP contribution in [0.25, 0.3) is 0 Å². The molecule has 5 nitrogen and oxygen atoms in total. The Labute approximate surface area is 150 Å². The zero-order valence-corrected chi connectivity index (χ0v) is 14.5. The van der Waals surface area contributed by atoms with Gasteiger partial charge in [-0.3, -0.25) is 0 Å². The summed E-state index contributed by atoms with van der Waals surface area (Å²) >= 11 is 0. The second-order valence-corrected chi connectivity index (χ2v) is 6.16. The molecule has 0 spiro atoms. The van der Waals surface area contributed by atoms with Crippen molar-refractivity contribution in [2.45, 2.75) is 13.1 Å². The van der Waals surface area contributed by atoms with Crippen molar-refractivity contribution in [2.75, 3.05) is 38.1 Å². The quantitative estimate of drug-likeness (QED) is 0.848. The number of alkyl halides is 3. The predicted octanol–water partition coefficient (Wildman–Crippen LogP) is 3.21. The maximum atomic E-state index is 13.1. The third kappa shape index (κ3) is 4.30. The number of nitrogens with zero attached hydrogens (tertiary/aromatic N) is 1. The molecule has 0 radical (unpaired) electrons. The molecule has 2 aliphatic heterocycles. The van der Waals surface area contributed by atoms with Gasteiger partial charge in [0.15, 0.2) is 0 Å². The summed E-state index contributed by atoms with van der Waals surface area (Å²) in [6.45, 7) is 4.79. The van der Waals surface area contributed by atoms with Crippen LogP contribution in [0.1, 0.15) is 12.5 Å². The summed E-state index contributed by atoms with van der Waals surface area (Å²) < 4.78 is 44.4. The molecule has 2 heterocycles. The van der Waals surface area contributed by atoms with Gasteiger partial charge in [0.1, 0.15) is 5.75 Å². The number of fused-ring (bicyclic) bond motifs is 1. The van der Waals surface area contributed by atoms with Gasteiger partial charge < -0.3 is 20.3 Å². The minimum absolute atomic E-state index is 0. The van der Waals surface area contributed by atoms with E-state index in [0.29, 0.717) is 24.9 Å². The first-order valence-electron chi connectivity index (χ1n) is 7.99. The number of likely N-dealkylation sites (tertiary alicyclic amines) is 1. The highest BCUT2D eigenvalue weighted by atomic mass is 35.5. The van der Waals surface area contributed by atoms with Crippen LogP contribution in [0.5, 0.6) is 5.75 Å². The van der Waals surface area contributed by atoms with Crippen LogP contribution in [0.2, 0.25) is 0 Å². The predicted molar refractivity (Wildman–Crippen MR) is 90.3 cm³/mol. The van der Waals surface area contributed by atoms with Gasteiger partial charge in [-0.2, -0.15) is 13.2 Å². The highest BCUT2D eigenvalue weighted by Crippen LogP contribution is 2.38. The highest BCUT2D eigenvalue weighted by Gasteiger charge is 2.38. The van der Waals surface area contributed by atoms with Gasteiger partial charge in [0, 0.05) is 31.9 Å². The molecular weight excluding hydrogens is 359 g/mol. The van der Waals surface area contributed by atoms with Crippen LogP contribution in [0.3, 0.4) is 0 Å². The summed E-state index contributed by atoms with van der Waals surface area (Å²) in [7, 11) is 0. The average molecular weight is 380 g/mol. The smallest absolute Gasteiger partial charge is 0.420 e. The van der Waals surface area contributed by atoms with E-state index in [1.54, 1.807) is 11.8 Å². The SMILES string of the molecule is CCOc1ccc(NC(=O)N2C[C@H]3CNC[C@H]3C2)cc1C(F)(F)F.Cl. The first-order chi connectivity index (χ1) is 11.4. The maximum Gasteiger partial charge on any atom is 0.420 e. The van der Waals surface area contributed by atoms with Crippen LogP contribution in [0.15, 0.2) is 18.2 Å². The molecule has 2 saturated heterocycles. The normalized spacial score (nSPS) is 22.3. The molecule has 2 atom stereocenters. The van der Waals surface area contributed by atoms with E-state index < -0.39 is 11.7 Å². The van der Waals surface area contributed by atoms with Crippen molar-refractivity contribution >= 4 is 24.1 Å². The van der Waals surface area contributed by atoms with Gasteiger partial charge >= 0.3 is 12.2 Å². The van der Waals surface area contributed by atoms with E-state index in [9.17, 15) is 18.0 Å². The molecular formula is C16H21ClF3N3O2. The number of ether oxygens (including phenoxy) is 1. The molecule has 0 saturated carbocycles. The molecule has 2 N–H and O–H groups in total. The number of carbonyl (C=O) groups excluding carboxylic acids is 1. The number of amides is 2. The number of urea groups is 1. The van der Waals surface area contributed by atoms with Gasteiger partial charge in [0.25, 0.3) is 0 Å². The zero-order valence-electron chi connectivity index (χ0n) is 13.7. The number of hydrogen-bond acceptors (Lipinski definition) is 3. The largest absolute Gasteiger partial charge is 0.493 e. The standard InChI is InChI=1S/C16H20F3N3O2.ClH/c1-2-24-14-4-3-12(5-13(14)16(17,18)19)21-15(23)22-8-10-6-20-7-11(10)9-22;/h3-5,10-11,20H,2,6-9H2,1H3,(H,21,23);1H/t10-,11+;. The summed E-state index contributed by atoms with van der Waals surface area (Å²) in [5.74, 6) is 0.633. The first-order valence-corrected chi connectivity index (χ1v) is 7.99. The van der Waals surface area contributed by atoms with Crippen molar-refractivity contribution in [3.8, 4) is 5.75 Å². The molecule has 3 rings (SSSR count). The summed E-state index contributed by atoms with van der Waals surface area (Å²) in [6, 6.07) is 3.23. The van der Waals surface area contributed by atoms with Crippen molar-refractivity contribution < 1.29 is 22.7 Å². The topological polar surface area (TPSA) is 53.6 Å². The number of halogens is 4. The molecule has 1 aromatic carbocycles. The lowest BCUT2D eigenvalue weighted by molar-refractivity contribution is -0.138. The van der Waals surface area contributed by atoms with Gasteiger partial charge in [-0.1, -0.05) is 0 Å². The Morgan fingerprint density at radius 2 is 1.96 bits per heavy atom. The number of benzene rings is 1. The monoisotopic (exact) mass is 379 g/mol. The Balaban J connectivity index is 0.00000225. The van der Waals surface area contributed by atoms with Crippen molar-refractivity contribution in [1.82, 2.24) is 10.2 Å². The minimum atomic E-state index is -4.54. The molecule has 0 unspecified atom stereocenters. The number of nitrogens with one attached hydrogen (secondary N) is 2. The van der Waals surface area contributed by atoms with Crippen LogP contribution >= 0.6 is 12.4 Å². The van der Waals surface area contributed by atoms with E-state index in [0.717, 1.165) is 19.2 Å². The number of carbonyl (C=O) groups is 1. The van der Waals surface area contributed by atoms with E-state index in [1.807, 2.05) is 0 Å². The van der Waals surface area contributed by atoms with E-state index in [2.05, 4.69) is 10.6 Å². The molecule has 25 heavy (non-hydrogen) atoms. The lowest BCUT2D eigenvalue weighted by Gasteiger charge is -2.19.